The molecule has 1 aromatic rings. The van der Waals surface area contributed by atoms with Gasteiger partial charge in [-0.25, -0.2) is 0 Å². The topological polar surface area (TPSA) is 49.9 Å². The first-order chi connectivity index (χ1) is 13.2. The number of amides is 2. The zero-order valence-electron chi connectivity index (χ0n) is 16.5. The van der Waals surface area contributed by atoms with Gasteiger partial charge in [-0.1, -0.05) is 32.1 Å². The molecule has 0 radical (unpaired) electrons. The van der Waals surface area contributed by atoms with E-state index in [-0.39, 0.29) is 11.8 Å². The molecule has 1 heterocycles. The smallest absolute Gasteiger partial charge is 0.253 e. The van der Waals surface area contributed by atoms with Crippen molar-refractivity contribution in [1.29, 1.82) is 0 Å². The van der Waals surface area contributed by atoms with Crippen molar-refractivity contribution in [2.45, 2.75) is 51.9 Å². The number of ether oxygens (including phenoxy) is 1. The minimum absolute atomic E-state index is 0.0346. The minimum atomic E-state index is 0.0346. The fourth-order valence-electron chi connectivity index (χ4n) is 4.16. The zero-order chi connectivity index (χ0) is 19.1. The van der Waals surface area contributed by atoms with E-state index in [4.69, 9.17) is 4.74 Å². The van der Waals surface area contributed by atoms with Crippen molar-refractivity contribution in [3.63, 3.8) is 0 Å². The predicted molar refractivity (Wildman–Crippen MR) is 106 cm³/mol. The van der Waals surface area contributed by atoms with Crippen LogP contribution in [0.5, 0.6) is 5.75 Å². The Hall–Kier alpha value is -2.04. The summed E-state index contributed by atoms with van der Waals surface area (Å²) in [4.78, 5) is 28.9. The Labute approximate surface area is 162 Å². The number of carbonyl (C=O) groups excluding carboxylic acids is 2. The standard InChI is InChI=1S/C22H32N2O3/c1-2-27-20-11-9-19(10-12-20)22(26)24-16-14-23(15-17-24)21(25)13-8-18-6-4-3-5-7-18/h9-12,18H,2-8,13-17H2,1H3. The van der Waals surface area contributed by atoms with Gasteiger partial charge in [-0.3, -0.25) is 9.59 Å². The van der Waals surface area contributed by atoms with Crippen molar-refractivity contribution >= 4 is 11.8 Å². The van der Waals surface area contributed by atoms with Gasteiger partial charge < -0.3 is 14.5 Å². The molecule has 1 saturated heterocycles. The van der Waals surface area contributed by atoms with Crippen LogP contribution >= 0.6 is 0 Å². The molecule has 0 aromatic heterocycles. The van der Waals surface area contributed by atoms with E-state index in [1.807, 2.05) is 41.0 Å². The summed E-state index contributed by atoms with van der Waals surface area (Å²) in [6, 6.07) is 7.30. The molecular formula is C22H32N2O3. The van der Waals surface area contributed by atoms with Gasteiger partial charge >= 0.3 is 0 Å². The molecule has 0 bridgehead atoms. The normalized spacial score (nSPS) is 18.4. The Balaban J connectivity index is 1.43. The largest absolute Gasteiger partial charge is 0.494 e. The van der Waals surface area contributed by atoms with Crippen LogP contribution in [0.25, 0.3) is 0 Å². The van der Waals surface area contributed by atoms with Gasteiger partial charge in [0.25, 0.3) is 5.91 Å². The third kappa shape index (κ3) is 5.47. The maximum Gasteiger partial charge on any atom is 0.253 e. The lowest BCUT2D eigenvalue weighted by atomic mass is 9.86. The maximum absolute atomic E-state index is 12.7. The van der Waals surface area contributed by atoms with E-state index in [1.54, 1.807) is 0 Å². The maximum atomic E-state index is 12.7. The summed E-state index contributed by atoms with van der Waals surface area (Å²) in [6.07, 6.45) is 8.28. The molecule has 5 nitrogen and oxygen atoms in total. The summed E-state index contributed by atoms with van der Waals surface area (Å²) >= 11 is 0. The lowest BCUT2D eigenvalue weighted by Crippen LogP contribution is -2.50. The van der Waals surface area contributed by atoms with Crippen molar-refractivity contribution in [1.82, 2.24) is 9.80 Å². The summed E-state index contributed by atoms with van der Waals surface area (Å²) in [6.45, 7) is 5.07. The van der Waals surface area contributed by atoms with Gasteiger partial charge in [-0.2, -0.15) is 0 Å². The number of nitrogens with zero attached hydrogens (tertiary/aromatic N) is 2. The lowest BCUT2D eigenvalue weighted by molar-refractivity contribution is -0.133. The summed E-state index contributed by atoms with van der Waals surface area (Å²) in [5.74, 6) is 1.81. The molecule has 148 valence electrons. The second-order valence-electron chi connectivity index (χ2n) is 7.67. The third-order valence-electron chi connectivity index (χ3n) is 5.82. The van der Waals surface area contributed by atoms with Crippen molar-refractivity contribution in [3.05, 3.63) is 29.8 Å². The van der Waals surface area contributed by atoms with Gasteiger partial charge in [0.15, 0.2) is 0 Å². The Bertz CT molecular complexity index is 615. The van der Waals surface area contributed by atoms with E-state index in [2.05, 4.69) is 0 Å². The van der Waals surface area contributed by atoms with Gasteiger partial charge in [-0.05, 0) is 43.5 Å². The molecule has 0 N–H and O–H groups in total. The van der Waals surface area contributed by atoms with Gasteiger partial charge in [0.2, 0.25) is 5.91 Å². The highest BCUT2D eigenvalue weighted by atomic mass is 16.5. The van der Waals surface area contributed by atoms with Gasteiger partial charge in [-0.15, -0.1) is 0 Å². The molecular weight excluding hydrogens is 340 g/mol. The molecule has 2 fully saturated rings. The van der Waals surface area contributed by atoms with Gasteiger partial charge in [0.1, 0.15) is 5.75 Å². The molecule has 5 heteroatoms. The first kappa shape index (κ1) is 19.7. The lowest BCUT2D eigenvalue weighted by Gasteiger charge is -2.35. The summed E-state index contributed by atoms with van der Waals surface area (Å²) in [7, 11) is 0. The first-order valence-electron chi connectivity index (χ1n) is 10.5. The molecule has 2 aliphatic rings. The van der Waals surface area contributed by atoms with Crippen LogP contribution < -0.4 is 4.74 Å². The monoisotopic (exact) mass is 372 g/mol. The van der Waals surface area contributed by atoms with Crippen molar-refractivity contribution in [2.24, 2.45) is 5.92 Å². The van der Waals surface area contributed by atoms with Crippen LogP contribution in [0.2, 0.25) is 0 Å². The van der Waals surface area contributed by atoms with Crippen LogP contribution in [0, 0.1) is 5.92 Å². The number of carbonyl (C=O) groups is 2. The molecule has 0 spiro atoms. The quantitative estimate of drug-likeness (QED) is 0.764. The Kier molecular flexibility index (Phi) is 7.13. The molecule has 1 aliphatic heterocycles. The summed E-state index contributed by atoms with van der Waals surface area (Å²) in [5.41, 5.74) is 0.676. The van der Waals surface area contributed by atoms with E-state index >= 15 is 0 Å². The molecule has 1 aromatic carbocycles. The second kappa shape index (κ2) is 9.77. The van der Waals surface area contributed by atoms with Gasteiger partial charge in [0, 0.05) is 38.2 Å². The Morgan fingerprint density at radius 3 is 2.22 bits per heavy atom. The molecule has 3 rings (SSSR count). The SMILES string of the molecule is CCOc1ccc(C(=O)N2CCN(C(=O)CCC3CCCCC3)CC2)cc1. The van der Waals surface area contributed by atoms with Crippen LogP contribution in [-0.2, 0) is 4.79 Å². The fraction of sp³-hybridized carbons (Fsp3) is 0.636. The highest BCUT2D eigenvalue weighted by Gasteiger charge is 2.25. The molecule has 1 saturated carbocycles. The molecule has 2 amide bonds. The minimum Gasteiger partial charge on any atom is -0.494 e. The highest BCUT2D eigenvalue weighted by Crippen LogP contribution is 2.27. The number of hydrogen-bond acceptors (Lipinski definition) is 3. The number of rotatable bonds is 6. The highest BCUT2D eigenvalue weighted by molar-refractivity contribution is 5.94. The number of hydrogen-bond donors (Lipinski definition) is 0. The van der Waals surface area contributed by atoms with Crippen LogP contribution in [-0.4, -0.2) is 54.4 Å². The number of benzene rings is 1. The summed E-state index contributed by atoms with van der Waals surface area (Å²) < 4.78 is 5.42. The Morgan fingerprint density at radius 1 is 0.963 bits per heavy atom. The van der Waals surface area contributed by atoms with E-state index in [0.29, 0.717) is 44.8 Å². The molecule has 27 heavy (non-hydrogen) atoms. The van der Waals surface area contributed by atoms with Crippen molar-refractivity contribution < 1.29 is 14.3 Å². The zero-order valence-corrected chi connectivity index (χ0v) is 16.5. The van der Waals surface area contributed by atoms with Crippen LogP contribution in [0.3, 0.4) is 0 Å². The average Bonchev–Trinajstić information content (AvgIpc) is 2.73. The van der Waals surface area contributed by atoms with E-state index < -0.39 is 0 Å². The van der Waals surface area contributed by atoms with Crippen LogP contribution in [0.1, 0.15) is 62.2 Å². The van der Waals surface area contributed by atoms with Gasteiger partial charge in [0.05, 0.1) is 6.61 Å². The predicted octanol–water partition coefficient (Wildman–Crippen LogP) is 3.73. The first-order valence-corrected chi connectivity index (χ1v) is 10.5. The fourth-order valence-corrected chi connectivity index (χ4v) is 4.16. The van der Waals surface area contributed by atoms with Crippen molar-refractivity contribution in [2.75, 3.05) is 32.8 Å². The number of piperazine rings is 1. The summed E-state index contributed by atoms with van der Waals surface area (Å²) in [5, 5.41) is 0. The van der Waals surface area contributed by atoms with Crippen LogP contribution in [0.15, 0.2) is 24.3 Å². The molecule has 1 aliphatic carbocycles. The average molecular weight is 373 g/mol. The third-order valence-corrected chi connectivity index (χ3v) is 5.82. The second-order valence-corrected chi connectivity index (χ2v) is 7.67. The van der Waals surface area contributed by atoms with Crippen LogP contribution in [0.4, 0.5) is 0 Å². The molecule has 0 atom stereocenters. The molecule has 0 unspecified atom stereocenters. The Morgan fingerprint density at radius 2 is 1.59 bits per heavy atom. The van der Waals surface area contributed by atoms with Crippen molar-refractivity contribution in [3.8, 4) is 5.75 Å². The van der Waals surface area contributed by atoms with E-state index in [9.17, 15) is 9.59 Å². The van der Waals surface area contributed by atoms with E-state index in [1.165, 1.54) is 32.1 Å². The van der Waals surface area contributed by atoms with E-state index in [0.717, 1.165) is 18.1 Å².